The van der Waals surface area contributed by atoms with Crippen molar-refractivity contribution in [1.82, 2.24) is 9.88 Å². The van der Waals surface area contributed by atoms with Crippen molar-refractivity contribution in [3.63, 3.8) is 0 Å². The highest BCUT2D eigenvalue weighted by Crippen LogP contribution is 2.27. The molecule has 25 heavy (non-hydrogen) atoms. The molecule has 0 atom stereocenters. The number of amides is 1. The fourth-order valence-corrected chi connectivity index (χ4v) is 3.70. The molecule has 0 aliphatic carbocycles. The molecule has 0 N–H and O–H groups in total. The van der Waals surface area contributed by atoms with Crippen LogP contribution in [0, 0.1) is 12.3 Å². The monoisotopic (exact) mass is 357 g/mol. The van der Waals surface area contributed by atoms with Crippen LogP contribution in [0.2, 0.25) is 0 Å². The summed E-state index contributed by atoms with van der Waals surface area (Å²) in [6, 6.07) is 8.64. The van der Waals surface area contributed by atoms with Gasteiger partial charge in [0, 0.05) is 41.9 Å². The molecule has 4 nitrogen and oxygen atoms in total. The molecule has 1 aromatic heterocycles. The van der Waals surface area contributed by atoms with E-state index in [1.165, 1.54) is 15.8 Å². The predicted molar refractivity (Wildman–Crippen MR) is 107 cm³/mol. The molecule has 0 spiro atoms. The summed E-state index contributed by atoms with van der Waals surface area (Å²) in [6.07, 6.45) is 2.09. The summed E-state index contributed by atoms with van der Waals surface area (Å²) in [4.78, 5) is 22.9. The van der Waals surface area contributed by atoms with Crippen molar-refractivity contribution in [2.24, 2.45) is 5.41 Å². The quantitative estimate of drug-likeness (QED) is 0.762. The summed E-state index contributed by atoms with van der Waals surface area (Å²) < 4.78 is 0. The van der Waals surface area contributed by atoms with Crippen LogP contribution in [0.1, 0.15) is 26.3 Å². The molecule has 3 rings (SSSR count). The van der Waals surface area contributed by atoms with Gasteiger partial charge in [-0.3, -0.25) is 4.79 Å². The third-order valence-electron chi connectivity index (χ3n) is 4.74. The molecule has 1 fully saturated rings. The van der Waals surface area contributed by atoms with Gasteiger partial charge in [-0.05, 0) is 36.9 Å². The number of rotatable bonds is 2. The van der Waals surface area contributed by atoms with Gasteiger partial charge in [0.05, 0.1) is 5.52 Å². The molecule has 1 amide bonds. The fraction of sp³-hybridized carbons (Fsp3) is 0.500. The van der Waals surface area contributed by atoms with Gasteiger partial charge in [0.2, 0.25) is 5.91 Å². The Morgan fingerprint density at radius 2 is 1.80 bits per heavy atom. The Hall–Kier alpha value is -1.75. The number of hydrogen-bond donors (Lipinski definition) is 0. The first kappa shape index (κ1) is 18.1. The molecular formula is C20H27N3OS. The predicted octanol–water partition coefficient (Wildman–Crippen LogP) is 3.96. The number of hydrogen-bond acceptors (Lipinski definition) is 4. The van der Waals surface area contributed by atoms with Gasteiger partial charge in [-0.2, -0.15) is 0 Å². The van der Waals surface area contributed by atoms with Crippen LogP contribution in [0.3, 0.4) is 0 Å². The smallest absolute Gasteiger partial charge is 0.228 e. The van der Waals surface area contributed by atoms with E-state index in [0.717, 1.165) is 37.5 Å². The van der Waals surface area contributed by atoms with Gasteiger partial charge in [-0.25, -0.2) is 4.98 Å². The van der Waals surface area contributed by atoms with Crippen LogP contribution in [0.5, 0.6) is 0 Å². The van der Waals surface area contributed by atoms with Crippen molar-refractivity contribution in [1.29, 1.82) is 0 Å². The van der Waals surface area contributed by atoms with Gasteiger partial charge in [0.15, 0.2) is 0 Å². The average Bonchev–Trinajstić information content (AvgIpc) is 2.59. The number of benzene rings is 1. The van der Waals surface area contributed by atoms with E-state index in [2.05, 4.69) is 42.3 Å². The van der Waals surface area contributed by atoms with Gasteiger partial charge >= 0.3 is 0 Å². The van der Waals surface area contributed by atoms with Crippen LogP contribution in [-0.2, 0) is 4.79 Å². The molecule has 0 unspecified atom stereocenters. The van der Waals surface area contributed by atoms with E-state index < -0.39 is 0 Å². The first-order valence-electron chi connectivity index (χ1n) is 8.79. The van der Waals surface area contributed by atoms with Crippen LogP contribution in [0.25, 0.3) is 10.9 Å². The third-order valence-corrected chi connectivity index (χ3v) is 5.47. The number of aryl methyl sites for hydroxylation is 1. The Morgan fingerprint density at radius 3 is 2.40 bits per heavy atom. The molecule has 0 radical (unpaired) electrons. The highest BCUT2D eigenvalue weighted by atomic mass is 32.2. The van der Waals surface area contributed by atoms with E-state index in [1.54, 1.807) is 11.8 Å². The van der Waals surface area contributed by atoms with E-state index in [-0.39, 0.29) is 11.3 Å². The molecule has 2 heterocycles. The Morgan fingerprint density at radius 1 is 1.12 bits per heavy atom. The van der Waals surface area contributed by atoms with Gasteiger partial charge in [0.25, 0.3) is 0 Å². The summed E-state index contributed by atoms with van der Waals surface area (Å²) in [5.41, 5.74) is 1.99. The molecule has 0 bridgehead atoms. The Labute approximate surface area is 154 Å². The van der Waals surface area contributed by atoms with E-state index in [0.29, 0.717) is 0 Å². The lowest BCUT2D eigenvalue weighted by Crippen LogP contribution is -2.51. The Kier molecular flexibility index (Phi) is 4.96. The summed E-state index contributed by atoms with van der Waals surface area (Å²) in [5.74, 6) is 1.26. The minimum atomic E-state index is -0.311. The van der Waals surface area contributed by atoms with Crippen LogP contribution < -0.4 is 4.90 Å². The van der Waals surface area contributed by atoms with Gasteiger partial charge in [0.1, 0.15) is 5.82 Å². The number of aromatic nitrogens is 1. The lowest BCUT2D eigenvalue weighted by Gasteiger charge is -2.38. The van der Waals surface area contributed by atoms with Crippen molar-refractivity contribution < 1.29 is 4.79 Å². The number of carbonyl (C=O) groups excluding carboxylic acids is 1. The number of fused-ring (bicyclic) bond motifs is 1. The van der Waals surface area contributed by atoms with Gasteiger partial charge in [-0.1, -0.05) is 26.8 Å². The van der Waals surface area contributed by atoms with Crippen LogP contribution in [0.4, 0.5) is 5.82 Å². The van der Waals surface area contributed by atoms with Crippen LogP contribution in [0.15, 0.2) is 29.2 Å². The Balaban J connectivity index is 1.80. The second-order valence-corrected chi connectivity index (χ2v) is 8.59. The van der Waals surface area contributed by atoms with Crippen LogP contribution in [-0.4, -0.2) is 48.2 Å². The maximum Gasteiger partial charge on any atom is 0.228 e. The van der Waals surface area contributed by atoms with E-state index >= 15 is 0 Å². The molecule has 2 aromatic rings. The molecular weight excluding hydrogens is 330 g/mol. The number of piperazine rings is 1. The first-order chi connectivity index (χ1) is 11.8. The summed E-state index contributed by atoms with van der Waals surface area (Å²) in [7, 11) is 0. The molecule has 134 valence electrons. The van der Waals surface area contributed by atoms with Crippen molar-refractivity contribution in [3.05, 3.63) is 29.8 Å². The number of nitrogens with zero attached hydrogens (tertiary/aromatic N) is 3. The second kappa shape index (κ2) is 6.87. The molecule has 1 saturated heterocycles. The van der Waals surface area contributed by atoms with E-state index in [1.807, 2.05) is 25.7 Å². The summed E-state index contributed by atoms with van der Waals surface area (Å²) in [5, 5.41) is 1.21. The maximum absolute atomic E-state index is 12.5. The van der Waals surface area contributed by atoms with E-state index in [9.17, 15) is 4.79 Å². The maximum atomic E-state index is 12.5. The number of pyridine rings is 1. The zero-order valence-corrected chi connectivity index (χ0v) is 16.6. The van der Waals surface area contributed by atoms with Gasteiger partial charge in [-0.15, -0.1) is 11.8 Å². The molecule has 0 saturated carbocycles. The molecule has 1 aliphatic heterocycles. The Bertz CT molecular complexity index is 789. The largest absolute Gasteiger partial charge is 0.353 e. The average molecular weight is 358 g/mol. The minimum Gasteiger partial charge on any atom is -0.353 e. The minimum absolute atomic E-state index is 0.236. The first-order valence-corrected chi connectivity index (χ1v) is 10.0. The number of thioether (sulfide) groups is 1. The number of anilines is 1. The van der Waals surface area contributed by atoms with Gasteiger partial charge < -0.3 is 9.80 Å². The van der Waals surface area contributed by atoms with E-state index in [4.69, 9.17) is 4.98 Å². The third kappa shape index (κ3) is 3.76. The summed E-state index contributed by atoms with van der Waals surface area (Å²) in [6.45, 7) is 11.3. The molecule has 1 aliphatic rings. The fourth-order valence-electron chi connectivity index (χ4n) is 3.27. The van der Waals surface area contributed by atoms with Crippen molar-refractivity contribution in [2.45, 2.75) is 32.6 Å². The topological polar surface area (TPSA) is 36.4 Å². The zero-order valence-electron chi connectivity index (χ0n) is 15.8. The van der Waals surface area contributed by atoms with Crippen molar-refractivity contribution >= 4 is 34.4 Å². The summed E-state index contributed by atoms with van der Waals surface area (Å²) >= 11 is 1.74. The standard InChI is InChI=1S/C20H27N3OS/c1-14-12-18(21-17-13-15(25-5)6-7-16(14)17)22-8-10-23(11-9-22)19(24)20(2,3)4/h6-7,12-13H,8-11H2,1-5H3. The SMILES string of the molecule is CSc1ccc2c(C)cc(N3CCN(C(=O)C(C)(C)C)CC3)nc2c1. The zero-order chi connectivity index (χ0) is 18.2. The molecule has 5 heteroatoms. The highest BCUT2D eigenvalue weighted by molar-refractivity contribution is 7.98. The molecule has 1 aromatic carbocycles. The van der Waals surface area contributed by atoms with Crippen molar-refractivity contribution in [2.75, 3.05) is 37.3 Å². The lowest BCUT2D eigenvalue weighted by molar-refractivity contribution is -0.139. The highest BCUT2D eigenvalue weighted by Gasteiger charge is 2.30. The lowest BCUT2D eigenvalue weighted by atomic mass is 9.94. The second-order valence-electron chi connectivity index (χ2n) is 7.71. The number of carbonyl (C=O) groups is 1. The normalized spacial score (nSPS) is 15.7. The van der Waals surface area contributed by atoms with Crippen molar-refractivity contribution in [3.8, 4) is 0 Å². The van der Waals surface area contributed by atoms with Crippen LogP contribution >= 0.6 is 11.8 Å².